The quantitative estimate of drug-likeness (QED) is 0.393. The molecule has 5 rings (SSSR count). The number of hydrogen-bond donors (Lipinski definition) is 1. The van der Waals surface area contributed by atoms with Crippen molar-refractivity contribution in [1.82, 2.24) is 4.98 Å². The maximum absolute atomic E-state index is 13.6. The summed E-state index contributed by atoms with van der Waals surface area (Å²) >= 11 is 0. The van der Waals surface area contributed by atoms with E-state index in [0.29, 0.717) is 36.0 Å². The highest BCUT2D eigenvalue weighted by atomic mass is 32.2. The highest BCUT2D eigenvalue weighted by Crippen LogP contribution is 2.37. The van der Waals surface area contributed by atoms with Crippen LogP contribution >= 0.6 is 0 Å². The molecule has 1 aromatic heterocycles. The van der Waals surface area contributed by atoms with Crippen LogP contribution in [0.25, 0.3) is 11.5 Å². The maximum Gasteiger partial charge on any atom is 0.234 e. The van der Waals surface area contributed by atoms with E-state index in [2.05, 4.69) is 10.3 Å². The minimum Gasteiger partial charge on any atom is -0.497 e. The van der Waals surface area contributed by atoms with Crippen molar-refractivity contribution in [1.29, 1.82) is 0 Å². The molecule has 2 heterocycles. The van der Waals surface area contributed by atoms with Crippen LogP contribution in [0.1, 0.15) is 5.56 Å². The molecular formula is C25H21FN2O6S. The number of methoxy groups -OCH3 is 1. The summed E-state index contributed by atoms with van der Waals surface area (Å²) in [4.78, 5) is 4.32. The van der Waals surface area contributed by atoms with Gasteiger partial charge in [0.15, 0.2) is 11.5 Å². The van der Waals surface area contributed by atoms with Crippen LogP contribution in [0.2, 0.25) is 0 Å². The highest BCUT2D eigenvalue weighted by molar-refractivity contribution is 7.91. The van der Waals surface area contributed by atoms with Crippen molar-refractivity contribution in [2.45, 2.75) is 16.5 Å². The molecule has 0 aliphatic carbocycles. The van der Waals surface area contributed by atoms with E-state index < -0.39 is 9.84 Å². The summed E-state index contributed by atoms with van der Waals surface area (Å²) in [6.45, 7) is 0.908. The lowest BCUT2D eigenvalue weighted by molar-refractivity contribution is 0.171. The van der Waals surface area contributed by atoms with Crippen LogP contribution in [0.5, 0.6) is 17.2 Å². The minimum atomic E-state index is -4.11. The molecule has 0 bridgehead atoms. The first-order chi connectivity index (χ1) is 16.9. The molecule has 4 aromatic rings. The Hall–Kier alpha value is -4.05. The maximum atomic E-state index is 13.6. The molecule has 8 nitrogen and oxygen atoms in total. The molecule has 0 amide bonds. The van der Waals surface area contributed by atoms with Gasteiger partial charge in [0.2, 0.25) is 26.6 Å². The van der Waals surface area contributed by atoms with Gasteiger partial charge in [0.25, 0.3) is 0 Å². The second-order valence-corrected chi connectivity index (χ2v) is 9.54. The summed E-state index contributed by atoms with van der Waals surface area (Å²) in [5, 5.41) is 2.70. The van der Waals surface area contributed by atoms with Gasteiger partial charge in [0.1, 0.15) is 24.8 Å². The van der Waals surface area contributed by atoms with Crippen LogP contribution in [0.3, 0.4) is 0 Å². The summed E-state index contributed by atoms with van der Waals surface area (Å²) in [6, 6.07) is 17.2. The molecule has 0 saturated carbocycles. The van der Waals surface area contributed by atoms with E-state index in [1.54, 1.807) is 42.5 Å². The second-order valence-electron chi connectivity index (χ2n) is 7.67. The zero-order valence-corrected chi connectivity index (χ0v) is 19.5. The lowest BCUT2D eigenvalue weighted by Crippen LogP contribution is -2.16. The van der Waals surface area contributed by atoms with Gasteiger partial charge in [0.05, 0.1) is 12.0 Å². The van der Waals surface area contributed by atoms with Crippen molar-refractivity contribution in [2.24, 2.45) is 0 Å². The second kappa shape index (κ2) is 9.30. The summed E-state index contributed by atoms with van der Waals surface area (Å²) in [5.41, 5.74) is 1.27. The predicted molar refractivity (Wildman–Crippen MR) is 125 cm³/mol. The molecule has 1 N–H and O–H groups in total. The number of ether oxygens (including phenoxy) is 3. The zero-order valence-electron chi connectivity index (χ0n) is 18.7. The summed E-state index contributed by atoms with van der Waals surface area (Å²) in [7, 11) is -2.58. The Balaban J connectivity index is 1.55. The number of oxazole rings is 1. The van der Waals surface area contributed by atoms with Crippen molar-refractivity contribution < 1.29 is 31.4 Å². The number of rotatable bonds is 7. The van der Waals surface area contributed by atoms with Crippen LogP contribution < -0.4 is 19.5 Å². The number of hydrogen-bond acceptors (Lipinski definition) is 8. The van der Waals surface area contributed by atoms with Gasteiger partial charge in [-0.3, -0.25) is 0 Å². The van der Waals surface area contributed by atoms with E-state index in [-0.39, 0.29) is 34.1 Å². The Labute approximate surface area is 201 Å². The van der Waals surface area contributed by atoms with Crippen molar-refractivity contribution in [3.63, 3.8) is 0 Å². The van der Waals surface area contributed by atoms with Crippen molar-refractivity contribution in [3.8, 4) is 28.7 Å². The van der Waals surface area contributed by atoms with E-state index in [0.717, 1.165) is 5.56 Å². The third kappa shape index (κ3) is 4.65. The summed E-state index contributed by atoms with van der Waals surface area (Å²) < 4.78 is 62.7. The van der Waals surface area contributed by atoms with Gasteiger partial charge in [0, 0.05) is 18.2 Å². The Morgan fingerprint density at radius 3 is 2.54 bits per heavy atom. The van der Waals surface area contributed by atoms with Crippen molar-refractivity contribution in [3.05, 3.63) is 78.1 Å². The average Bonchev–Trinajstić information content (AvgIpc) is 3.33. The van der Waals surface area contributed by atoms with Gasteiger partial charge in [-0.05, 0) is 48.0 Å². The van der Waals surface area contributed by atoms with Gasteiger partial charge in [-0.1, -0.05) is 18.2 Å². The molecule has 1 aliphatic rings. The van der Waals surface area contributed by atoms with E-state index >= 15 is 0 Å². The molecular weight excluding hydrogens is 475 g/mol. The lowest BCUT2D eigenvalue weighted by Gasteiger charge is -2.18. The van der Waals surface area contributed by atoms with E-state index in [9.17, 15) is 12.8 Å². The Kier molecular flexibility index (Phi) is 6.04. The van der Waals surface area contributed by atoms with Crippen LogP contribution in [0.15, 0.2) is 81.1 Å². The SMILES string of the molecule is COc1cccc(-c2nc(S(=O)(=O)c3ccc4c(c3)OCCO4)c(NCc3ccc(F)cc3)o2)c1. The first-order valence-corrected chi connectivity index (χ1v) is 12.2. The molecule has 180 valence electrons. The molecule has 10 heteroatoms. The largest absolute Gasteiger partial charge is 0.497 e. The Bertz CT molecular complexity index is 1470. The topological polar surface area (TPSA) is 99.9 Å². The number of halogens is 1. The van der Waals surface area contributed by atoms with Crippen LogP contribution in [-0.4, -0.2) is 33.7 Å². The molecule has 0 saturated heterocycles. The van der Waals surface area contributed by atoms with Crippen LogP contribution in [0, 0.1) is 5.82 Å². The lowest BCUT2D eigenvalue weighted by atomic mass is 10.2. The van der Waals surface area contributed by atoms with Gasteiger partial charge < -0.3 is 23.9 Å². The van der Waals surface area contributed by atoms with Gasteiger partial charge >= 0.3 is 0 Å². The molecule has 0 unspecified atom stereocenters. The predicted octanol–water partition coefficient (Wildman–Crippen LogP) is 4.71. The number of aromatic nitrogens is 1. The van der Waals surface area contributed by atoms with Gasteiger partial charge in [-0.2, -0.15) is 4.98 Å². The summed E-state index contributed by atoms with van der Waals surface area (Å²) in [5.74, 6) is 1.08. The number of anilines is 1. The van der Waals surface area contributed by atoms with E-state index in [1.807, 2.05) is 0 Å². The molecule has 0 spiro atoms. The molecule has 0 fully saturated rings. The number of benzene rings is 3. The number of sulfone groups is 1. The fraction of sp³-hybridized carbons (Fsp3) is 0.160. The first kappa shape index (κ1) is 22.7. The number of nitrogens with zero attached hydrogens (tertiary/aromatic N) is 1. The van der Waals surface area contributed by atoms with Gasteiger partial charge in [-0.15, -0.1) is 0 Å². The number of fused-ring (bicyclic) bond motifs is 1. The standard InChI is InChI=1S/C25H21FN2O6S/c1-31-19-4-2-3-17(13-19)23-28-25(24(34-23)27-15-16-5-7-18(26)8-6-16)35(29,30)20-9-10-21-22(14-20)33-12-11-32-21/h2-10,13-14,27H,11-12,15H2,1H3. The molecule has 0 atom stereocenters. The Morgan fingerprint density at radius 1 is 1.00 bits per heavy atom. The fourth-order valence-corrected chi connectivity index (χ4v) is 4.86. The normalized spacial score (nSPS) is 12.9. The smallest absolute Gasteiger partial charge is 0.234 e. The summed E-state index contributed by atoms with van der Waals surface area (Å²) in [6.07, 6.45) is 0. The zero-order chi connectivity index (χ0) is 24.4. The molecule has 35 heavy (non-hydrogen) atoms. The first-order valence-electron chi connectivity index (χ1n) is 10.7. The molecule has 0 radical (unpaired) electrons. The minimum absolute atomic E-state index is 0.0166. The van der Waals surface area contributed by atoms with E-state index in [4.69, 9.17) is 18.6 Å². The Morgan fingerprint density at radius 2 is 1.77 bits per heavy atom. The highest BCUT2D eigenvalue weighted by Gasteiger charge is 2.30. The molecule has 1 aliphatic heterocycles. The average molecular weight is 497 g/mol. The van der Waals surface area contributed by atoms with Crippen molar-refractivity contribution >= 4 is 15.7 Å². The van der Waals surface area contributed by atoms with Crippen molar-refractivity contribution in [2.75, 3.05) is 25.6 Å². The third-order valence-corrected chi connectivity index (χ3v) is 7.02. The van der Waals surface area contributed by atoms with Crippen LogP contribution in [-0.2, 0) is 16.4 Å². The van der Waals surface area contributed by atoms with E-state index in [1.165, 1.54) is 31.4 Å². The fourth-order valence-electron chi connectivity index (χ4n) is 3.57. The third-order valence-electron chi connectivity index (χ3n) is 5.36. The van der Waals surface area contributed by atoms with Gasteiger partial charge in [-0.25, -0.2) is 12.8 Å². The molecule has 3 aromatic carbocycles. The van der Waals surface area contributed by atoms with Crippen LogP contribution in [0.4, 0.5) is 10.3 Å². The monoisotopic (exact) mass is 496 g/mol. The number of nitrogens with one attached hydrogen (secondary N) is 1.